The van der Waals surface area contributed by atoms with E-state index < -0.39 is 6.29 Å². The Morgan fingerprint density at radius 1 is 1.14 bits per heavy atom. The topological polar surface area (TPSA) is 62.1 Å². The molecule has 1 aliphatic heterocycles. The standard InChI is InChI=1S/C24H31NO3/c1-22-6-4-14-15-3-2-13(25-27)10-18(15)23(8-9-23)12-17(14)21(22)16-11-19(16)24(22)7-5-20(26)28-24/h5,7,10,14-17,19-21,26-27H,2-4,6,8-9,11-12H2,1H3/b25-13+/t14?,15-,16-,17?,19+,20?,21?,22+,24+/m1/s1. The van der Waals surface area contributed by atoms with Gasteiger partial charge in [0.2, 0.25) is 0 Å². The third-order valence-corrected chi connectivity index (χ3v) is 10.5. The minimum Gasteiger partial charge on any atom is -0.411 e. The molecule has 4 nitrogen and oxygen atoms in total. The highest BCUT2D eigenvalue weighted by atomic mass is 16.6. The molecule has 28 heavy (non-hydrogen) atoms. The highest BCUT2D eigenvalue weighted by Gasteiger charge is 2.78. The van der Waals surface area contributed by atoms with Crippen molar-refractivity contribution < 1.29 is 15.1 Å². The molecule has 150 valence electrons. The van der Waals surface area contributed by atoms with E-state index in [2.05, 4.69) is 24.2 Å². The highest BCUT2D eigenvalue weighted by Crippen LogP contribution is 2.80. The molecule has 6 aliphatic carbocycles. The van der Waals surface area contributed by atoms with Gasteiger partial charge in [-0.1, -0.05) is 23.7 Å². The second-order valence-corrected chi connectivity index (χ2v) is 11.3. The lowest BCUT2D eigenvalue weighted by Crippen LogP contribution is -2.56. The van der Waals surface area contributed by atoms with E-state index in [4.69, 9.17) is 4.74 Å². The summed E-state index contributed by atoms with van der Waals surface area (Å²) < 4.78 is 6.31. The average Bonchev–Trinajstić information content (AvgIpc) is 3.60. The van der Waals surface area contributed by atoms with Crippen molar-refractivity contribution in [1.29, 1.82) is 0 Å². The van der Waals surface area contributed by atoms with Gasteiger partial charge < -0.3 is 15.1 Å². The maximum absolute atomic E-state index is 10.2. The molecule has 7 rings (SSSR count). The molecule has 9 atom stereocenters. The molecule has 5 saturated carbocycles. The molecule has 0 aromatic rings. The van der Waals surface area contributed by atoms with Crippen LogP contribution in [0, 0.1) is 46.3 Å². The highest BCUT2D eigenvalue weighted by molar-refractivity contribution is 5.96. The lowest BCUT2D eigenvalue weighted by molar-refractivity contribution is -0.196. The fraction of sp³-hybridized carbons (Fsp3) is 0.792. The van der Waals surface area contributed by atoms with Gasteiger partial charge in [0.15, 0.2) is 6.29 Å². The van der Waals surface area contributed by atoms with Crippen LogP contribution in [0.4, 0.5) is 0 Å². The zero-order valence-electron chi connectivity index (χ0n) is 16.7. The molecule has 7 aliphatic rings. The molecule has 1 heterocycles. The Balaban J connectivity index is 1.30. The number of aliphatic hydroxyl groups is 1. The van der Waals surface area contributed by atoms with E-state index in [-0.39, 0.29) is 11.0 Å². The number of rotatable bonds is 0. The van der Waals surface area contributed by atoms with Crippen LogP contribution < -0.4 is 0 Å². The number of hydrogen-bond acceptors (Lipinski definition) is 4. The van der Waals surface area contributed by atoms with Gasteiger partial charge >= 0.3 is 0 Å². The number of fused-ring (bicyclic) bond motifs is 10. The number of nitrogens with zero attached hydrogens (tertiary/aromatic N) is 1. The summed E-state index contributed by atoms with van der Waals surface area (Å²) in [6, 6.07) is 0. The first-order valence-electron chi connectivity index (χ1n) is 11.5. The normalized spacial score (nSPS) is 58.3. The molecule has 5 fully saturated rings. The van der Waals surface area contributed by atoms with Crippen molar-refractivity contribution in [1.82, 2.24) is 0 Å². The molecule has 4 unspecified atom stereocenters. The van der Waals surface area contributed by atoms with Crippen LogP contribution >= 0.6 is 0 Å². The summed E-state index contributed by atoms with van der Waals surface area (Å²) in [5.41, 5.74) is 2.93. The van der Waals surface area contributed by atoms with Gasteiger partial charge in [-0.05, 0) is 104 Å². The van der Waals surface area contributed by atoms with Gasteiger partial charge in [0.05, 0.1) is 11.3 Å². The van der Waals surface area contributed by atoms with Gasteiger partial charge in [0.1, 0.15) is 0 Å². The van der Waals surface area contributed by atoms with Crippen LogP contribution in [0.2, 0.25) is 0 Å². The summed E-state index contributed by atoms with van der Waals surface area (Å²) in [5.74, 6) is 4.48. The number of ether oxygens (including phenoxy) is 1. The third kappa shape index (κ3) is 1.75. The van der Waals surface area contributed by atoms with Crippen molar-refractivity contribution in [3.63, 3.8) is 0 Å². The van der Waals surface area contributed by atoms with Crippen LogP contribution in [0.5, 0.6) is 0 Å². The number of hydrogen-bond donors (Lipinski definition) is 2. The molecule has 2 N–H and O–H groups in total. The molecule has 4 heteroatoms. The van der Waals surface area contributed by atoms with E-state index in [0.29, 0.717) is 17.3 Å². The first kappa shape index (κ1) is 16.6. The predicted molar refractivity (Wildman–Crippen MR) is 105 cm³/mol. The summed E-state index contributed by atoms with van der Waals surface area (Å²) in [6.07, 6.45) is 15.6. The monoisotopic (exact) mass is 381 g/mol. The Labute approximate surface area is 166 Å². The van der Waals surface area contributed by atoms with Gasteiger partial charge in [-0.25, -0.2) is 0 Å². The Morgan fingerprint density at radius 3 is 2.71 bits per heavy atom. The Kier molecular flexibility index (Phi) is 2.94. The van der Waals surface area contributed by atoms with Crippen LogP contribution in [-0.2, 0) is 4.74 Å². The lowest BCUT2D eigenvalue weighted by atomic mass is 9.47. The maximum Gasteiger partial charge on any atom is 0.175 e. The quantitative estimate of drug-likeness (QED) is 0.374. The van der Waals surface area contributed by atoms with E-state index >= 15 is 0 Å². The minimum absolute atomic E-state index is 0.180. The third-order valence-electron chi connectivity index (χ3n) is 10.5. The number of oxime groups is 1. The van der Waals surface area contributed by atoms with Crippen molar-refractivity contribution >= 4 is 5.71 Å². The molecule has 0 radical (unpaired) electrons. The SMILES string of the molecule is C[C@]12CCC3C(CC4(CC4)C4=C/C(=N/O)CC[C@@H]43)C1[C@@H]1C[C@@H]1[C@@]21C=CC(O)O1. The van der Waals surface area contributed by atoms with Gasteiger partial charge in [-0.3, -0.25) is 0 Å². The van der Waals surface area contributed by atoms with Crippen LogP contribution in [0.1, 0.15) is 58.3 Å². The van der Waals surface area contributed by atoms with Crippen molar-refractivity contribution in [3.8, 4) is 0 Å². The fourth-order valence-electron chi connectivity index (χ4n) is 9.28. The van der Waals surface area contributed by atoms with Crippen LogP contribution in [0.15, 0.2) is 29.0 Å². The van der Waals surface area contributed by atoms with Crippen molar-refractivity contribution in [3.05, 3.63) is 23.8 Å². The summed E-state index contributed by atoms with van der Waals surface area (Å²) >= 11 is 0. The minimum atomic E-state index is -0.709. The molecule has 0 aromatic heterocycles. The molecule has 0 amide bonds. The fourth-order valence-corrected chi connectivity index (χ4v) is 9.28. The van der Waals surface area contributed by atoms with Gasteiger partial charge in [0.25, 0.3) is 0 Å². The van der Waals surface area contributed by atoms with E-state index in [1.54, 1.807) is 5.57 Å². The lowest BCUT2D eigenvalue weighted by Gasteiger charge is -2.58. The van der Waals surface area contributed by atoms with Crippen molar-refractivity contribution in [2.45, 2.75) is 70.2 Å². The zero-order valence-corrected chi connectivity index (χ0v) is 16.7. The van der Waals surface area contributed by atoms with E-state index in [1.165, 1.54) is 44.9 Å². The Morgan fingerprint density at radius 2 is 2.00 bits per heavy atom. The molecule has 2 spiro atoms. The second-order valence-electron chi connectivity index (χ2n) is 11.3. The smallest absolute Gasteiger partial charge is 0.175 e. The molecule has 0 aromatic carbocycles. The van der Waals surface area contributed by atoms with Crippen molar-refractivity contribution in [2.24, 2.45) is 51.5 Å². The summed E-state index contributed by atoms with van der Waals surface area (Å²) in [5, 5.41) is 23.1. The predicted octanol–water partition coefficient (Wildman–Crippen LogP) is 4.28. The first-order valence-corrected chi connectivity index (χ1v) is 11.5. The van der Waals surface area contributed by atoms with Crippen molar-refractivity contribution in [2.75, 3.05) is 0 Å². The molecule has 0 saturated heterocycles. The summed E-state index contributed by atoms with van der Waals surface area (Å²) in [4.78, 5) is 0. The maximum atomic E-state index is 10.2. The van der Waals surface area contributed by atoms with Crippen LogP contribution in [0.3, 0.4) is 0 Å². The first-order chi connectivity index (χ1) is 13.5. The molecular weight excluding hydrogens is 350 g/mol. The average molecular weight is 382 g/mol. The number of aliphatic hydroxyl groups excluding tert-OH is 1. The molecule has 0 bridgehead atoms. The van der Waals surface area contributed by atoms with Gasteiger partial charge in [-0.2, -0.15) is 0 Å². The number of allylic oxidation sites excluding steroid dienone is 2. The van der Waals surface area contributed by atoms with Gasteiger partial charge in [0, 0.05) is 5.41 Å². The van der Waals surface area contributed by atoms with Crippen LogP contribution in [-0.4, -0.2) is 27.9 Å². The second kappa shape index (κ2) is 4.95. The largest absolute Gasteiger partial charge is 0.411 e. The Hall–Kier alpha value is -1.13. The van der Waals surface area contributed by atoms with E-state index in [1.807, 2.05) is 6.08 Å². The summed E-state index contributed by atoms with van der Waals surface area (Å²) in [6.45, 7) is 2.49. The van der Waals surface area contributed by atoms with Crippen LogP contribution in [0.25, 0.3) is 0 Å². The summed E-state index contributed by atoms with van der Waals surface area (Å²) in [7, 11) is 0. The van der Waals surface area contributed by atoms with E-state index in [9.17, 15) is 10.3 Å². The zero-order chi connectivity index (χ0) is 18.9. The molecular formula is C24H31NO3. The van der Waals surface area contributed by atoms with E-state index in [0.717, 1.165) is 35.8 Å². The Bertz CT molecular complexity index is 841. The van der Waals surface area contributed by atoms with Gasteiger partial charge in [-0.15, -0.1) is 0 Å².